The summed E-state index contributed by atoms with van der Waals surface area (Å²) < 4.78 is 21.1. The monoisotopic (exact) mass is 312 g/mol. The molecule has 0 aliphatic carbocycles. The van der Waals surface area contributed by atoms with E-state index in [1.54, 1.807) is 20.0 Å². The average molecular weight is 313 g/mol. The summed E-state index contributed by atoms with van der Waals surface area (Å²) in [5, 5.41) is 4.05. The normalized spacial score (nSPS) is 10.4. The summed E-state index contributed by atoms with van der Waals surface area (Å²) in [4.78, 5) is 11.0. The van der Waals surface area contributed by atoms with Crippen molar-refractivity contribution in [2.24, 2.45) is 7.05 Å². The zero-order chi connectivity index (χ0) is 13.3. The van der Waals surface area contributed by atoms with E-state index in [1.807, 2.05) is 0 Å². The highest BCUT2D eigenvalue weighted by Crippen LogP contribution is 2.29. The van der Waals surface area contributed by atoms with Gasteiger partial charge in [-0.2, -0.15) is 5.10 Å². The van der Waals surface area contributed by atoms with E-state index < -0.39 is 5.82 Å². The fourth-order valence-corrected chi connectivity index (χ4v) is 1.91. The lowest BCUT2D eigenvalue weighted by Gasteiger charge is -2.07. The van der Waals surface area contributed by atoms with Gasteiger partial charge in [0.15, 0.2) is 17.9 Å². The first-order valence-electron chi connectivity index (χ1n) is 5.14. The van der Waals surface area contributed by atoms with Crippen molar-refractivity contribution in [1.29, 1.82) is 0 Å². The number of hydrogen-bond acceptors (Lipinski definition) is 3. The Bertz CT molecular complexity index is 610. The van der Waals surface area contributed by atoms with Crippen molar-refractivity contribution in [2.75, 3.05) is 0 Å². The largest absolute Gasteiger partial charge is 0.435 e. The molecular formula is C12H10BrFN2O2. The molecule has 0 aliphatic rings. The van der Waals surface area contributed by atoms with Gasteiger partial charge in [-0.3, -0.25) is 4.79 Å². The highest BCUT2D eigenvalue weighted by molar-refractivity contribution is 9.10. The molecule has 2 aromatic rings. The molecule has 0 aliphatic heterocycles. The second-order valence-electron chi connectivity index (χ2n) is 3.72. The van der Waals surface area contributed by atoms with Crippen LogP contribution >= 0.6 is 15.9 Å². The van der Waals surface area contributed by atoms with E-state index in [0.717, 1.165) is 0 Å². The molecule has 0 radical (unpaired) electrons. The Hall–Kier alpha value is -1.69. The second-order valence-corrected chi connectivity index (χ2v) is 4.64. The molecule has 1 aromatic heterocycles. The van der Waals surface area contributed by atoms with Gasteiger partial charge in [0.2, 0.25) is 5.88 Å². The first kappa shape index (κ1) is 12.8. The summed E-state index contributed by atoms with van der Waals surface area (Å²) >= 11 is 3.16. The minimum Gasteiger partial charge on any atom is -0.435 e. The lowest BCUT2D eigenvalue weighted by molar-refractivity contribution is 0.112. The number of nitrogens with zero attached hydrogens (tertiary/aromatic N) is 2. The minimum atomic E-state index is -0.514. The van der Waals surface area contributed by atoms with Gasteiger partial charge in [0.1, 0.15) is 0 Å². The van der Waals surface area contributed by atoms with Crippen LogP contribution in [0.2, 0.25) is 0 Å². The first-order chi connectivity index (χ1) is 8.52. The van der Waals surface area contributed by atoms with E-state index in [-0.39, 0.29) is 11.6 Å². The Morgan fingerprint density at radius 1 is 1.50 bits per heavy atom. The molecule has 0 fully saturated rings. The van der Waals surface area contributed by atoms with Crippen LogP contribution in [0.1, 0.15) is 16.1 Å². The zero-order valence-corrected chi connectivity index (χ0v) is 11.4. The summed E-state index contributed by atoms with van der Waals surface area (Å²) in [7, 11) is 1.63. The zero-order valence-electron chi connectivity index (χ0n) is 9.78. The summed E-state index contributed by atoms with van der Waals surface area (Å²) in [6.45, 7) is 1.69. The Morgan fingerprint density at radius 3 is 2.83 bits per heavy atom. The molecule has 0 bridgehead atoms. The molecule has 6 heteroatoms. The molecular weight excluding hydrogens is 303 g/mol. The first-order valence-corrected chi connectivity index (χ1v) is 5.94. The van der Waals surface area contributed by atoms with E-state index in [2.05, 4.69) is 21.0 Å². The number of carbonyl (C=O) groups is 1. The van der Waals surface area contributed by atoms with Crippen LogP contribution in [0.25, 0.3) is 0 Å². The Labute approximate surface area is 111 Å². The highest BCUT2D eigenvalue weighted by Gasteiger charge is 2.16. The quantitative estimate of drug-likeness (QED) is 0.817. The molecule has 0 spiro atoms. The third-order valence-electron chi connectivity index (χ3n) is 2.43. The molecule has 1 aromatic carbocycles. The van der Waals surface area contributed by atoms with Crippen molar-refractivity contribution in [3.8, 4) is 11.6 Å². The van der Waals surface area contributed by atoms with E-state index in [0.29, 0.717) is 22.0 Å². The van der Waals surface area contributed by atoms with Gasteiger partial charge in [-0.15, -0.1) is 0 Å². The summed E-state index contributed by atoms with van der Waals surface area (Å²) in [6.07, 6.45) is 0.647. The van der Waals surface area contributed by atoms with Gasteiger partial charge in [0, 0.05) is 11.5 Å². The van der Waals surface area contributed by atoms with Crippen LogP contribution in [0.4, 0.5) is 4.39 Å². The maximum atomic E-state index is 13.6. The van der Waals surface area contributed by atoms with Crippen LogP contribution in [-0.4, -0.2) is 16.1 Å². The Morgan fingerprint density at radius 2 is 2.22 bits per heavy atom. The van der Waals surface area contributed by atoms with E-state index in [4.69, 9.17) is 4.74 Å². The number of rotatable bonds is 3. The number of benzene rings is 1. The van der Waals surface area contributed by atoms with E-state index in [9.17, 15) is 9.18 Å². The lowest BCUT2D eigenvalue weighted by Crippen LogP contribution is -1.98. The average Bonchev–Trinajstić information content (AvgIpc) is 2.57. The van der Waals surface area contributed by atoms with Crippen LogP contribution < -0.4 is 4.74 Å². The van der Waals surface area contributed by atoms with Crippen LogP contribution in [0, 0.1) is 12.7 Å². The standard InChI is InChI=1S/C12H10BrFN2O2/c1-7-9(6-17)12(16(2)15-7)18-11-4-3-8(13)5-10(11)14/h3-6H,1-2H3. The fourth-order valence-electron chi connectivity index (χ4n) is 1.57. The van der Waals surface area contributed by atoms with Crippen molar-refractivity contribution >= 4 is 22.2 Å². The Balaban J connectivity index is 2.42. The van der Waals surface area contributed by atoms with Gasteiger partial charge in [-0.05, 0) is 25.1 Å². The van der Waals surface area contributed by atoms with Crippen LogP contribution in [-0.2, 0) is 7.05 Å². The van der Waals surface area contributed by atoms with E-state index in [1.165, 1.54) is 16.8 Å². The minimum absolute atomic E-state index is 0.0456. The lowest BCUT2D eigenvalue weighted by atomic mass is 10.3. The maximum Gasteiger partial charge on any atom is 0.228 e. The molecule has 94 valence electrons. The van der Waals surface area contributed by atoms with Crippen LogP contribution in [0.5, 0.6) is 11.6 Å². The van der Waals surface area contributed by atoms with Crippen molar-refractivity contribution in [1.82, 2.24) is 9.78 Å². The highest BCUT2D eigenvalue weighted by atomic mass is 79.9. The maximum absolute atomic E-state index is 13.6. The molecule has 0 amide bonds. The Kier molecular flexibility index (Phi) is 3.47. The number of aldehydes is 1. The number of halogens is 2. The molecule has 0 N–H and O–H groups in total. The summed E-state index contributed by atoms with van der Waals surface area (Å²) in [5.74, 6) is -0.243. The summed E-state index contributed by atoms with van der Waals surface area (Å²) in [6, 6.07) is 4.43. The van der Waals surface area contributed by atoms with Gasteiger partial charge < -0.3 is 4.74 Å². The molecule has 0 unspecified atom stereocenters. The van der Waals surface area contributed by atoms with Crippen LogP contribution in [0.15, 0.2) is 22.7 Å². The predicted octanol–water partition coefficient (Wildman–Crippen LogP) is 3.23. The summed E-state index contributed by atoms with van der Waals surface area (Å²) in [5.41, 5.74) is 0.861. The van der Waals surface area contributed by atoms with Crippen molar-refractivity contribution in [3.05, 3.63) is 39.7 Å². The second kappa shape index (κ2) is 4.89. The van der Waals surface area contributed by atoms with Crippen molar-refractivity contribution in [3.63, 3.8) is 0 Å². The molecule has 0 atom stereocenters. The predicted molar refractivity (Wildman–Crippen MR) is 67.5 cm³/mol. The number of carbonyl (C=O) groups excluding carboxylic acids is 1. The van der Waals surface area contributed by atoms with Crippen molar-refractivity contribution in [2.45, 2.75) is 6.92 Å². The number of aromatic nitrogens is 2. The van der Waals surface area contributed by atoms with Gasteiger partial charge in [-0.25, -0.2) is 9.07 Å². The molecule has 0 saturated carbocycles. The van der Waals surface area contributed by atoms with E-state index >= 15 is 0 Å². The molecule has 18 heavy (non-hydrogen) atoms. The van der Waals surface area contributed by atoms with Gasteiger partial charge in [0.25, 0.3) is 0 Å². The molecule has 0 saturated heterocycles. The van der Waals surface area contributed by atoms with Gasteiger partial charge in [-0.1, -0.05) is 15.9 Å². The number of hydrogen-bond donors (Lipinski definition) is 0. The molecule has 1 heterocycles. The number of aryl methyl sites for hydroxylation is 2. The fraction of sp³-hybridized carbons (Fsp3) is 0.167. The topological polar surface area (TPSA) is 44.1 Å². The third kappa shape index (κ3) is 2.28. The van der Waals surface area contributed by atoms with Gasteiger partial charge >= 0.3 is 0 Å². The SMILES string of the molecule is Cc1nn(C)c(Oc2ccc(Br)cc2F)c1C=O. The van der Waals surface area contributed by atoms with Gasteiger partial charge in [0.05, 0.1) is 11.3 Å². The smallest absolute Gasteiger partial charge is 0.228 e. The molecule has 2 rings (SSSR count). The van der Waals surface area contributed by atoms with Crippen molar-refractivity contribution < 1.29 is 13.9 Å². The number of ether oxygens (including phenoxy) is 1. The molecule has 4 nitrogen and oxygen atoms in total. The third-order valence-corrected chi connectivity index (χ3v) is 2.93. The van der Waals surface area contributed by atoms with Crippen LogP contribution in [0.3, 0.4) is 0 Å².